The van der Waals surface area contributed by atoms with Gasteiger partial charge >= 0.3 is 0 Å². The molecule has 1 atom stereocenters. The predicted octanol–water partition coefficient (Wildman–Crippen LogP) is 5.49. The molecule has 2 aliphatic rings. The second-order valence-electron chi connectivity index (χ2n) is 12.0. The Bertz CT molecular complexity index is 1570. The summed E-state index contributed by atoms with van der Waals surface area (Å²) in [4.78, 5) is 22.3. The molecule has 0 amide bonds. The number of halogens is 2. The van der Waals surface area contributed by atoms with E-state index < -0.39 is 11.6 Å². The Balaban J connectivity index is 1.14. The lowest BCUT2D eigenvalue weighted by molar-refractivity contribution is -0.108. The van der Waals surface area contributed by atoms with Crippen molar-refractivity contribution in [3.05, 3.63) is 59.7 Å². The fourth-order valence-corrected chi connectivity index (χ4v) is 5.96. The molecule has 2 saturated heterocycles. The van der Waals surface area contributed by atoms with Crippen molar-refractivity contribution >= 4 is 22.8 Å². The molecular weight excluding hydrogens is 538 g/mol. The van der Waals surface area contributed by atoms with Crippen LogP contribution in [0.3, 0.4) is 0 Å². The van der Waals surface area contributed by atoms with Crippen LogP contribution < -0.4 is 5.32 Å². The van der Waals surface area contributed by atoms with Crippen LogP contribution >= 0.6 is 0 Å². The van der Waals surface area contributed by atoms with Crippen molar-refractivity contribution < 1.29 is 13.5 Å². The first kappa shape index (κ1) is 28.6. The van der Waals surface area contributed by atoms with Gasteiger partial charge in [0.15, 0.2) is 11.6 Å². The second-order valence-corrected chi connectivity index (χ2v) is 12.0. The van der Waals surface area contributed by atoms with Gasteiger partial charge in [-0.05, 0) is 77.4 Å². The third-order valence-corrected chi connectivity index (χ3v) is 8.25. The fourth-order valence-electron chi connectivity index (χ4n) is 5.96. The quantitative estimate of drug-likeness (QED) is 0.280. The fraction of sp³-hybridized carbons (Fsp3) is 0.484. The maximum atomic E-state index is 15.0. The van der Waals surface area contributed by atoms with Crippen molar-refractivity contribution in [1.29, 1.82) is 0 Å². The van der Waals surface area contributed by atoms with Crippen LogP contribution in [0.4, 0.5) is 20.5 Å². The van der Waals surface area contributed by atoms with Gasteiger partial charge in [0.1, 0.15) is 22.9 Å². The zero-order valence-corrected chi connectivity index (χ0v) is 24.7. The molecular formula is C31H38F2N8O. The molecule has 6 rings (SSSR count). The molecule has 9 nitrogen and oxygen atoms in total. The monoisotopic (exact) mass is 576 g/mol. The summed E-state index contributed by atoms with van der Waals surface area (Å²) in [5, 5.41) is 3.06. The van der Waals surface area contributed by atoms with E-state index in [9.17, 15) is 4.39 Å². The zero-order valence-electron chi connectivity index (χ0n) is 24.7. The highest BCUT2D eigenvalue weighted by Gasteiger charge is 2.33. The van der Waals surface area contributed by atoms with Crippen molar-refractivity contribution in [3.63, 3.8) is 0 Å². The number of ether oxygens (including phenoxy) is 1. The molecule has 5 heterocycles. The van der Waals surface area contributed by atoms with Crippen molar-refractivity contribution in [1.82, 2.24) is 34.3 Å². The summed E-state index contributed by atoms with van der Waals surface area (Å²) in [5.74, 6) is 0.240. The first-order valence-electron chi connectivity index (χ1n) is 14.7. The Labute approximate surface area is 245 Å². The van der Waals surface area contributed by atoms with Crippen LogP contribution in [0, 0.1) is 18.6 Å². The number of aromatic nitrogens is 5. The van der Waals surface area contributed by atoms with Crippen LogP contribution in [0.2, 0.25) is 0 Å². The smallest absolute Gasteiger partial charge is 0.229 e. The molecule has 0 bridgehead atoms. The number of morpholine rings is 1. The average molecular weight is 577 g/mol. The number of hydrogen-bond acceptors (Lipinski definition) is 8. The van der Waals surface area contributed by atoms with E-state index in [1.807, 2.05) is 43.7 Å². The van der Waals surface area contributed by atoms with Gasteiger partial charge in [-0.2, -0.15) is 0 Å². The number of pyridine rings is 1. The summed E-state index contributed by atoms with van der Waals surface area (Å²) in [7, 11) is 0. The summed E-state index contributed by atoms with van der Waals surface area (Å²) in [6.07, 6.45) is 5.26. The molecule has 1 unspecified atom stereocenters. The van der Waals surface area contributed by atoms with Gasteiger partial charge in [0.2, 0.25) is 5.95 Å². The third kappa shape index (κ3) is 5.99. The average Bonchev–Trinajstić information content (AvgIpc) is 3.26. The topological polar surface area (TPSA) is 84.2 Å². The van der Waals surface area contributed by atoms with E-state index in [1.54, 1.807) is 6.07 Å². The van der Waals surface area contributed by atoms with E-state index in [0.29, 0.717) is 22.7 Å². The number of aryl methyl sites for hydroxylation is 1. The highest BCUT2D eigenvalue weighted by molar-refractivity contribution is 5.83. The molecule has 0 spiro atoms. The first-order chi connectivity index (χ1) is 20.2. The Hall–Kier alpha value is -3.54. The summed E-state index contributed by atoms with van der Waals surface area (Å²) in [6, 6.07) is 6.94. The molecule has 2 aliphatic heterocycles. The van der Waals surface area contributed by atoms with Crippen LogP contribution in [0.15, 0.2) is 36.7 Å². The van der Waals surface area contributed by atoms with E-state index in [0.717, 1.165) is 51.0 Å². The lowest BCUT2D eigenvalue weighted by Gasteiger charge is -2.42. The van der Waals surface area contributed by atoms with E-state index in [4.69, 9.17) is 4.74 Å². The van der Waals surface area contributed by atoms with Gasteiger partial charge in [0, 0.05) is 44.0 Å². The van der Waals surface area contributed by atoms with E-state index in [2.05, 4.69) is 42.0 Å². The van der Waals surface area contributed by atoms with Crippen molar-refractivity contribution in [2.24, 2.45) is 0 Å². The van der Waals surface area contributed by atoms with Gasteiger partial charge in [0.05, 0.1) is 23.9 Å². The normalized spacial score (nSPS) is 19.9. The van der Waals surface area contributed by atoms with E-state index >= 15 is 4.39 Å². The van der Waals surface area contributed by atoms with Crippen LogP contribution in [-0.4, -0.2) is 79.2 Å². The molecule has 11 heteroatoms. The van der Waals surface area contributed by atoms with Crippen LogP contribution in [-0.2, 0) is 11.3 Å². The number of fused-ring (bicyclic) bond motifs is 1. The molecule has 2 fully saturated rings. The Morgan fingerprint density at radius 2 is 1.86 bits per heavy atom. The molecule has 3 aromatic heterocycles. The van der Waals surface area contributed by atoms with Crippen LogP contribution in [0.1, 0.15) is 51.0 Å². The summed E-state index contributed by atoms with van der Waals surface area (Å²) in [6.45, 7) is 14.8. The minimum Gasteiger partial charge on any atom is -0.373 e. The van der Waals surface area contributed by atoms with Crippen molar-refractivity contribution in [2.75, 3.05) is 44.6 Å². The maximum absolute atomic E-state index is 15.0. The zero-order chi connectivity index (χ0) is 29.4. The van der Waals surface area contributed by atoms with Crippen molar-refractivity contribution in [2.45, 2.75) is 58.7 Å². The molecule has 4 aromatic rings. The molecule has 0 radical (unpaired) electrons. The Morgan fingerprint density at radius 1 is 1.02 bits per heavy atom. The minimum absolute atomic E-state index is 0.00329. The van der Waals surface area contributed by atoms with Gasteiger partial charge in [-0.1, -0.05) is 6.07 Å². The molecule has 42 heavy (non-hydrogen) atoms. The summed E-state index contributed by atoms with van der Waals surface area (Å²) in [5.41, 5.74) is 2.13. The highest BCUT2D eigenvalue weighted by Crippen LogP contribution is 2.31. The SMILES string of the molecule is Cc1nc2c(F)cc(-c3nc(Nc4ccc(CN5CCOC(C)(CCN6CCC6)C5)cn4)ncc3F)cc2n1C(C)C. The van der Waals surface area contributed by atoms with Crippen LogP contribution in [0.5, 0.6) is 0 Å². The first-order valence-corrected chi connectivity index (χ1v) is 14.7. The van der Waals surface area contributed by atoms with Crippen molar-refractivity contribution in [3.8, 4) is 11.3 Å². The number of rotatable bonds is 9. The maximum Gasteiger partial charge on any atom is 0.229 e. The molecule has 1 N–H and O–H groups in total. The number of nitrogens with one attached hydrogen (secondary N) is 1. The third-order valence-electron chi connectivity index (χ3n) is 8.25. The van der Waals surface area contributed by atoms with E-state index in [1.165, 1.54) is 25.6 Å². The molecule has 0 saturated carbocycles. The largest absolute Gasteiger partial charge is 0.373 e. The number of likely N-dealkylation sites (tertiary alicyclic amines) is 1. The van der Waals surface area contributed by atoms with Gasteiger partial charge < -0.3 is 19.5 Å². The summed E-state index contributed by atoms with van der Waals surface area (Å²) >= 11 is 0. The molecule has 1 aromatic carbocycles. The van der Waals surface area contributed by atoms with E-state index in [-0.39, 0.29) is 28.8 Å². The number of imidazole rings is 1. The Kier molecular flexibility index (Phi) is 7.91. The lowest BCUT2D eigenvalue weighted by Crippen LogP contribution is -2.51. The number of nitrogens with zero attached hydrogens (tertiary/aromatic N) is 7. The highest BCUT2D eigenvalue weighted by atomic mass is 19.1. The lowest BCUT2D eigenvalue weighted by atomic mass is 9.98. The Morgan fingerprint density at radius 3 is 2.57 bits per heavy atom. The van der Waals surface area contributed by atoms with Gasteiger partial charge in [-0.15, -0.1) is 0 Å². The summed E-state index contributed by atoms with van der Waals surface area (Å²) < 4.78 is 38.0. The number of hydrogen-bond donors (Lipinski definition) is 1. The standard InChI is InChI=1S/C31H38F2N8O/c1-20(2)41-21(3)36-29-24(32)14-23(15-26(29)41)28-25(33)17-35-30(38-28)37-27-7-6-22(16-34-27)18-40-12-13-42-31(4,19-40)8-11-39-9-5-10-39/h6-7,14-17,20H,5,8-13,18-19H2,1-4H3,(H,34,35,37,38). The second kappa shape index (κ2) is 11.6. The molecule has 0 aliphatic carbocycles. The van der Waals surface area contributed by atoms with Gasteiger partial charge in [0.25, 0.3) is 0 Å². The van der Waals surface area contributed by atoms with Crippen LogP contribution in [0.25, 0.3) is 22.3 Å². The van der Waals surface area contributed by atoms with Gasteiger partial charge in [-0.25, -0.2) is 28.7 Å². The number of benzene rings is 1. The minimum atomic E-state index is -0.641. The number of anilines is 2. The predicted molar refractivity (Wildman–Crippen MR) is 159 cm³/mol. The molecule has 222 valence electrons. The van der Waals surface area contributed by atoms with Gasteiger partial charge in [-0.3, -0.25) is 4.90 Å².